The summed E-state index contributed by atoms with van der Waals surface area (Å²) in [4.78, 5) is 7.49. The van der Waals surface area contributed by atoms with Gasteiger partial charge in [-0.2, -0.15) is 0 Å². The van der Waals surface area contributed by atoms with E-state index in [0.29, 0.717) is 0 Å². The monoisotopic (exact) mass is 267 g/mol. The number of hydrogen-bond acceptors (Lipinski definition) is 3. The summed E-state index contributed by atoms with van der Waals surface area (Å²) >= 11 is 3.31. The van der Waals surface area contributed by atoms with Crippen molar-refractivity contribution in [2.24, 2.45) is 0 Å². The smallest absolute Gasteiger partial charge is 0.169 e. The summed E-state index contributed by atoms with van der Waals surface area (Å²) in [6.07, 6.45) is 2.73. The highest BCUT2D eigenvalue weighted by Crippen LogP contribution is 2.28. The molecule has 2 N–H and O–H groups in total. The van der Waals surface area contributed by atoms with Crippen molar-refractivity contribution in [3.05, 3.63) is 40.3 Å². The maximum absolute atomic E-state index is 5.55. The van der Waals surface area contributed by atoms with Gasteiger partial charge in [-0.25, -0.2) is 4.98 Å². The molecule has 2 aromatic rings. The molecule has 78 valence electrons. The molecule has 0 saturated heterocycles. The minimum Gasteiger partial charge on any atom is -0.452 e. The molecule has 1 unspecified atom stereocenters. The van der Waals surface area contributed by atoms with Crippen LogP contribution in [-0.4, -0.2) is 16.5 Å². The van der Waals surface area contributed by atoms with Crippen LogP contribution in [0.2, 0.25) is 0 Å². The molecule has 1 aliphatic heterocycles. The third-order valence-corrected chi connectivity index (χ3v) is 3.05. The molecule has 2 aromatic heterocycles. The first kappa shape index (κ1) is 9.18. The van der Waals surface area contributed by atoms with Crippen LogP contribution in [-0.2, 0) is 6.42 Å². The van der Waals surface area contributed by atoms with Crippen LogP contribution in [0.3, 0.4) is 0 Å². The largest absolute Gasteiger partial charge is 0.452 e. The summed E-state index contributed by atoms with van der Waals surface area (Å²) in [7, 11) is 0. The molecule has 3 heterocycles. The summed E-state index contributed by atoms with van der Waals surface area (Å²) in [5.74, 6) is 0.898. The van der Waals surface area contributed by atoms with E-state index in [4.69, 9.17) is 4.42 Å². The van der Waals surface area contributed by atoms with E-state index in [1.807, 2.05) is 12.1 Å². The summed E-state index contributed by atoms with van der Waals surface area (Å²) < 4.78 is 6.30. The maximum atomic E-state index is 5.55. The average Bonchev–Trinajstić information content (AvgIpc) is 2.84. The van der Waals surface area contributed by atoms with E-state index in [1.165, 1.54) is 5.69 Å². The minimum absolute atomic E-state index is 0.0753. The second-order valence-electron chi connectivity index (χ2n) is 3.55. The van der Waals surface area contributed by atoms with Gasteiger partial charge in [-0.15, -0.1) is 0 Å². The summed E-state index contributed by atoms with van der Waals surface area (Å²) in [5.41, 5.74) is 2.24. The normalized spacial score (nSPS) is 20.2. The first-order valence-electron chi connectivity index (χ1n) is 4.85. The number of nitrogens with one attached hydrogen (secondary N) is 2. The van der Waals surface area contributed by atoms with Crippen LogP contribution in [0.1, 0.15) is 23.2 Å². The van der Waals surface area contributed by atoms with Crippen molar-refractivity contribution in [2.75, 3.05) is 6.54 Å². The van der Waals surface area contributed by atoms with Crippen molar-refractivity contribution in [2.45, 2.75) is 12.5 Å². The molecule has 0 aliphatic carbocycles. The van der Waals surface area contributed by atoms with Gasteiger partial charge in [0.2, 0.25) is 0 Å². The van der Waals surface area contributed by atoms with E-state index < -0.39 is 0 Å². The highest BCUT2D eigenvalue weighted by molar-refractivity contribution is 9.10. The quantitative estimate of drug-likeness (QED) is 0.831. The molecule has 0 radical (unpaired) electrons. The Morgan fingerprint density at radius 3 is 3.20 bits per heavy atom. The van der Waals surface area contributed by atoms with E-state index in [-0.39, 0.29) is 6.04 Å². The molecule has 3 rings (SSSR count). The second-order valence-corrected chi connectivity index (χ2v) is 4.33. The van der Waals surface area contributed by atoms with E-state index in [0.717, 1.165) is 29.1 Å². The van der Waals surface area contributed by atoms with Crippen molar-refractivity contribution < 1.29 is 4.42 Å². The number of nitrogens with zero attached hydrogens (tertiary/aromatic N) is 1. The minimum atomic E-state index is 0.0753. The molecular weight excluding hydrogens is 258 g/mol. The molecule has 0 bridgehead atoms. The zero-order valence-electron chi connectivity index (χ0n) is 7.96. The Kier molecular flexibility index (Phi) is 2.14. The molecule has 1 aliphatic rings. The van der Waals surface area contributed by atoms with Gasteiger partial charge in [0.25, 0.3) is 0 Å². The molecule has 0 aromatic carbocycles. The number of furan rings is 1. The number of hydrogen-bond donors (Lipinski definition) is 2. The lowest BCUT2D eigenvalue weighted by Crippen LogP contribution is -2.30. The lowest BCUT2D eigenvalue weighted by Gasteiger charge is -2.20. The number of fused-ring (bicyclic) bond motifs is 1. The lowest BCUT2D eigenvalue weighted by atomic mass is 10.0. The van der Waals surface area contributed by atoms with Gasteiger partial charge in [0.15, 0.2) is 4.67 Å². The fourth-order valence-electron chi connectivity index (χ4n) is 1.94. The topological polar surface area (TPSA) is 53.9 Å². The number of rotatable bonds is 1. The fraction of sp³-hybridized carbons (Fsp3) is 0.300. The molecule has 0 spiro atoms. The van der Waals surface area contributed by atoms with E-state index in [9.17, 15) is 0 Å². The van der Waals surface area contributed by atoms with Gasteiger partial charge >= 0.3 is 0 Å². The van der Waals surface area contributed by atoms with Crippen LogP contribution in [0.4, 0.5) is 0 Å². The molecule has 1 atom stereocenters. The van der Waals surface area contributed by atoms with Gasteiger partial charge in [0.05, 0.1) is 12.0 Å². The molecule has 15 heavy (non-hydrogen) atoms. The molecule has 0 fully saturated rings. The third-order valence-electron chi connectivity index (χ3n) is 2.63. The van der Waals surface area contributed by atoms with Crippen LogP contribution in [0.25, 0.3) is 0 Å². The highest BCUT2D eigenvalue weighted by atomic mass is 79.9. The standard InChI is InChI=1S/C10H10BrN3O/c11-8-2-1-7(15-8)10-9-6(3-4-12-10)13-5-14-9/h1-2,5,10,12H,3-4H2,(H,13,14). The summed E-state index contributed by atoms with van der Waals surface area (Å²) in [5, 5.41) is 3.39. The van der Waals surface area contributed by atoms with Crippen molar-refractivity contribution in [1.29, 1.82) is 0 Å². The third kappa shape index (κ3) is 1.52. The van der Waals surface area contributed by atoms with Gasteiger partial charge < -0.3 is 14.7 Å². The number of aromatic amines is 1. The Morgan fingerprint density at radius 2 is 2.40 bits per heavy atom. The Balaban J connectivity index is 2.02. The van der Waals surface area contributed by atoms with E-state index >= 15 is 0 Å². The van der Waals surface area contributed by atoms with Gasteiger partial charge in [0, 0.05) is 18.7 Å². The Labute approximate surface area is 95.2 Å². The van der Waals surface area contributed by atoms with Gasteiger partial charge in [0.1, 0.15) is 11.8 Å². The maximum Gasteiger partial charge on any atom is 0.169 e. The van der Waals surface area contributed by atoms with Gasteiger partial charge in [-0.3, -0.25) is 0 Å². The van der Waals surface area contributed by atoms with Crippen LogP contribution < -0.4 is 5.32 Å². The number of aromatic nitrogens is 2. The van der Waals surface area contributed by atoms with Crippen molar-refractivity contribution >= 4 is 15.9 Å². The predicted octanol–water partition coefficient (Wildman–Crippen LogP) is 2.00. The SMILES string of the molecule is Brc1ccc(C2NCCc3[nH]cnc32)o1. The van der Waals surface area contributed by atoms with E-state index in [1.54, 1.807) is 6.33 Å². The van der Waals surface area contributed by atoms with Gasteiger partial charge in [-0.05, 0) is 28.1 Å². The van der Waals surface area contributed by atoms with Crippen molar-refractivity contribution in [3.63, 3.8) is 0 Å². The van der Waals surface area contributed by atoms with Crippen LogP contribution >= 0.6 is 15.9 Å². The predicted molar refractivity (Wildman–Crippen MR) is 58.5 cm³/mol. The lowest BCUT2D eigenvalue weighted by molar-refractivity contribution is 0.418. The first-order chi connectivity index (χ1) is 7.34. The second kappa shape index (κ2) is 3.50. The molecular formula is C10H10BrN3O. The molecule has 0 saturated carbocycles. The number of H-pyrrole nitrogens is 1. The summed E-state index contributed by atoms with van der Waals surface area (Å²) in [6, 6.07) is 3.94. The van der Waals surface area contributed by atoms with Crippen molar-refractivity contribution in [3.8, 4) is 0 Å². The fourth-order valence-corrected chi connectivity index (χ4v) is 2.26. The molecule has 4 nitrogen and oxygen atoms in total. The van der Waals surface area contributed by atoms with Crippen molar-refractivity contribution in [1.82, 2.24) is 15.3 Å². The van der Waals surface area contributed by atoms with Crippen LogP contribution in [0, 0.1) is 0 Å². The number of halogens is 1. The molecule has 5 heteroatoms. The zero-order valence-corrected chi connectivity index (χ0v) is 9.54. The van der Waals surface area contributed by atoms with Gasteiger partial charge in [-0.1, -0.05) is 0 Å². The summed E-state index contributed by atoms with van der Waals surface area (Å²) in [6.45, 7) is 0.943. The van der Waals surface area contributed by atoms with Crippen LogP contribution in [0.15, 0.2) is 27.5 Å². The number of imidazole rings is 1. The average molecular weight is 268 g/mol. The molecule has 0 amide bonds. The first-order valence-corrected chi connectivity index (χ1v) is 5.64. The zero-order chi connectivity index (χ0) is 10.3. The highest BCUT2D eigenvalue weighted by Gasteiger charge is 2.25. The van der Waals surface area contributed by atoms with Crippen LogP contribution in [0.5, 0.6) is 0 Å². The Bertz CT molecular complexity index is 476. The Morgan fingerprint density at radius 1 is 1.47 bits per heavy atom. The Hall–Kier alpha value is -1.07. The van der Waals surface area contributed by atoms with E-state index in [2.05, 4.69) is 31.2 Å².